The molecule has 3 heterocycles. The molecule has 57 heavy (non-hydrogen) atoms. The van der Waals surface area contributed by atoms with Crippen molar-refractivity contribution < 1.29 is 20.1 Å². The van der Waals surface area contributed by atoms with Crippen molar-refractivity contribution in [1.82, 2.24) is 14.5 Å². The largest absolute Gasteiger partial charge is 0.309 e. The molecule has 0 bridgehead atoms. The third kappa shape index (κ3) is 8.01. The fourth-order valence-electron chi connectivity index (χ4n) is 7.28. The molecular weight excluding hydrogens is 871 g/mol. The molecule has 0 aliphatic heterocycles. The second kappa shape index (κ2) is 17.0. The molecule has 0 aliphatic rings. The van der Waals surface area contributed by atoms with Crippen LogP contribution < -0.4 is 0 Å². The maximum Gasteiger partial charge on any atom is 0.0541 e. The van der Waals surface area contributed by atoms with E-state index in [1.54, 1.807) is 6.20 Å². The van der Waals surface area contributed by atoms with E-state index in [2.05, 4.69) is 160 Å². The van der Waals surface area contributed by atoms with Crippen molar-refractivity contribution in [2.24, 2.45) is 0 Å². The zero-order chi connectivity index (χ0) is 37.7. The number of fused-ring (bicyclic) bond motifs is 3. The van der Waals surface area contributed by atoms with Crippen LogP contribution in [0.15, 0.2) is 206 Å². The van der Waals surface area contributed by atoms with Gasteiger partial charge >= 0.3 is 0 Å². The van der Waals surface area contributed by atoms with Gasteiger partial charge in [-0.1, -0.05) is 115 Å². The summed E-state index contributed by atoms with van der Waals surface area (Å²) in [4.78, 5) is 8.89. The van der Waals surface area contributed by atoms with Crippen LogP contribution in [0.3, 0.4) is 0 Å². The number of pyridine rings is 2. The van der Waals surface area contributed by atoms with E-state index in [1.807, 2.05) is 73.7 Å². The molecule has 0 atom stereocenters. The van der Waals surface area contributed by atoms with Crippen LogP contribution in [0.25, 0.3) is 83.4 Å². The van der Waals surface area contributed by atoms with Crippen LogP contribution in [0.2, 0.25) is 0 Å². The Labute approximate surface area is 347 Å². The summed E-state index contributed by atoms with van der Waals surface area (Å²) in [5, 5.41) is 2.53. The minimum absolute atomic E-state index is 0. The van der Waals surface area contributed by atoms with Crippen LogP contribution in [0.4, 0.5) is 0 Å². The standard InChI is InChI=1S/C42H29N2.C11H8N.Ir/c1-29-9-7-15-40(43-29)36-11-8-10-34(27-36)32-21-17-30(18-22-32)31-19-23-33(24-20-31)35-25-26-42-39(28-35)38-14-5-6-16-41(38)44(42)37-12-3-2-4-13-37;1-2-6-10(7-3-1)11-8-4-5-9-12-11;/h2-10,12-28H,1H3;1-6,8-9H;/q2*-1;. The fraction of sp³-hybridized carbons (Fsp3) is 0.0189. The molecule has 0 spiro atoms. The van der Waals surface area contributed by atoms with Crippen LogP contribution in [-0.4, -0.2) is 14.5 Å². The molecule has 10 rings (SSSR count). The predicted octanol–water partition coefficient (Wildman–Crippen LogP) is 13.5. The number of hydrogen-bond donors (Lipinski definition) is 0. The van der Waals surface area contributed by atoms with Crippen molar-refractivity contribution in [2.75, 3.05) is 0 Å². The van der Waals surface area contributed by atoms with Gasteiger partial charge in [0.15, 0.2) is 0 Å². The van der Waals surface area contributed by atoms with Crippen LogP contribution in [0.5, 0.6) is 0 Å². The minimum atomic E-state index is 0. The zero-order valence-electron chi connectivity index (χ0n) is 31.3. The summed E-state index contributed by atoms with van der Waals surface area (Å²) in [7, 11) is 0. The average molecular weight is 908 g/mol. The molecule has 0 N–H and O–H groups in total. The van der Waals surface area contributed by atoms with E-state index in [4.69, 9.17) is 0 Å². The van der Waals surface area contributed by atoms with Gasteiger partial charge in [0.2, 0.25) is 0 Å². The van der Waals surface area contributed by atoms with Gasteiger partial charge in [-0.25, -0.2) is 0 Å². The summed E-state index contributed by atoms with van der Waals surface area (Å²) < 4.78 is 2.36. The number of hydrogen-bond acceptors (Lipinski definition) is 2. The van der Waals surface area contributed by atoms with Gasteiger partial charge in [0.1, 0.15) is 0 Å². The molecule has 3 nitrogen and oxygen atoms in total. The Bertz CT molecular complexity index is 2850. The Morgan fingerprint density at radius 2 is 1.02 bits per heavy atom. The number of aromatic nitrogens is 3. The Balaban J connectivity index is 0.000000300. The van der Waals surface area contributed by atoms with E-state index in [0.717, 1.165) is 33.8 Å². The number of benzene rings is 7. The number of nitrogens with zero attached hydrogens (tertiary/aromatic N) is 3. The van der Waals surface area contributed by atoms with Gasteiger partial charge < -0.3 is 14.5 Å². The summed E-state index contributed by atoms with van der Waals surface area (Å²) in [5.74, 6) is 0. The van der Waals surface area contributed by atoms with Gasteiger partial charge in [0.25, 0.3) is 0 Å². The number of rotatable bonds is 6. The number of para-hydroxylation sites is 2. The van der Waals surface area contributed by atoms with E-state index in [9.17, 15) is 0 Å². The molecule has 0 fully saturated rings. The molecule has 0 amide bonds. The summed E-state index contributed by atoms with van der Waals surface area (Å²) in [6, 6.07) is 76.3. The second-order valence-corrected chi connectivity index (χ2v) is 13.7. The van der Waals surface area contributed by atoms with Crippen LogP contribution in [-0.2, 0) is 20.1 Å². The Morgan fingerprint density at radius 1 is 0.421 bits per heavy atom. The first-order valence-corrected chi connectivity index (χ1v) is 18.8. The molecule has 275 valence electrons. The normalized spacial score (nSPS) is 10.8. The van der Waals surface area contributed by atoms with Crippen molar-refractivity contribution in [3.05, 3.63) is 224 Å². The van der Waals surface area contributed by atoms with E-state index in [0.29, 0.717) is 0 Å². The van der Waals surface area contributed by atoms with Crippen LogP contribution in [0, 0.1) is 19.1 Å². The third-order valence-electron chi connectivity index (χ3n) is 10.1. The molecule has 1 radical (unpaired) electrons. The first-order chi connectivity index (χ1) is 27.7. The molecule has 10 aromatic rings. The molecule has 3 aromatic heterocycles. The zero-order valence-corrected chi connectivity index (χ0v) is 33.7. The first kappa shape index (κ1) is 37.2. The van der Waals surface area contributed by atoms with Gasteiger partial charge in [0, 0.05) is 48.5 Å². The second-order valence-electron chi connectivity index (χ2n) is 13.7. The van der Waals surface area contributed by atoms with Crippen LogP contribution >= 0.6 is 0 Å². The average Bonchev–Trinajstić information content (AvgIpc) is 3.61. The minimum Gasteiger partial charge on any atom is -0.309 e. The first-order valence-electron chi connectivity index (χ1n) is 18.8. The van der Waals surface area contributed by atoms with E-state index < -0.39 is 0 Å². The Hall–Kier alpha value is -6.71. The molecule has 0 aliphatic carbocycles. The van der Waals surface area contributed by atoms with Crippen molar-refractivity contribution in [3.8, 4) is 61.6 Å². The monoisotopic (exact) mass is 908 g/mol. The molecule has 4 heteroatoms. The maximum absolute atomic E-state index is 4.67. The van der Waals surface area contributed by atoms with Gasteiger partial charge in [-0.15, -0.1) is 71.3 Å². The van der Waals surface area contributed by atoms with E-state index in [-0.39, 0.29) is 20.1 Å². The Kier molecular flexibility index (Phi) is 11.1. The molecule has 0 saturated carbocycles. The van der Waals surface area contributed by atoms with Crippen molar-refractivity contribution in [2.45, 2.75) is 6.92 Å². The summed E-state index contributed by atoms with van der Waals surface area (Å²) in [5.41, 5.74) is 15.8. The summed E-state index contributed by atoms with van der Waals surface area (Å²) >= 11 is 0. The summed E-state index contributed by atoms with van der Waals surface area (Å²) in [6.07, 6.45) is 1.79. The topological polar surface area (TPSA) is 30.7 Å². The fourth-order valence-corrected chi connectivity index (χ4v) is 7.28. The molecule has 0 unspecified atom stereocenters. The van der Waals surface area contributed by atoms with Gasteiger partial charge in [-0.05, 0) is 88.6 Å². The molecular formula is C53H37IrN3-2. The maximum atomic E-state index is 4.67. The van der Waals surface area contributed by atoms with Crippen molar-refractivity contribution >= 4 is 21.8 Å². The predicted molar refractivity (Wildman–Crippen MR) is 232 cm³/mol. The SMILES string of the molecule is Cc1cccc(-c2[c-]ccc(-c3ccc(-c4ccc(-c5ccc6c(c5)c5ccccc5n6-c5ccccc5)cc4)cc3)c2)n1.[Ir].[c-]1ccccc1-c1ccccn1. The van der Waals surface area contributed by atoms with Gasteiger partial charge in [-0.3, -0.25) is 0 Å². The quantitative estimate of drug-likeness (QED) is 0.156. The van der Waals surface area contributed by atoms with E-state index >= 15 is 0 Å². The third-order valence-corrected chi connectivity index (χ3v) is 10.1. The molecule has 0 saturated heterocycles. The summed E-state index contributed by atoms with van der Waals surface area (Å²) in [6.45, 7) is 2.02. The van der Waals surface area contributed by atoms with E-state index in [1.165, 1.54) is 55.3 Å². The molecule has 7 aromatic carbocycles. The van der Waals surface area contributed by atoms with Crippen LogP contribution in [0.1, 0.15) is 5.69 Å². The number of aryl methyl sites for hydroxylation is 1. The van der Waals surface area contributed by atoms with Crippen molar-refractivity contribution in [3.63, 3.8) is 0 Å². The van der Waals surface area contributed by atoms with Gasteiger partial charge in [0.05, 0.1) is 11.0 Å². The van der Waals surface area contributed by atoms with Gasteiger partial charge in [-0.2, -0.15) is 0 Å². The Morgan fingerprint density at radius 3 is 1.70 bits per heavy atom. The van der Waals surface area contributed by atoms with Crippen molar-refractivity contribution in [1.29, 1.82) is 0 Å². The smallest absolute Gasteiger partial charge is 0.0541 e.